The standard InChI is InChI=1S/C12H19N/c1-4-10-13-11(5-2)6-7-12(3)8-9-12/h4-5,10H,2,6-9H2,1,3H3/b10-4-,13-11+. The van der Waals surface area contributed by atoms with Crippen LogP contribution < -0.4 is 0 Å². The molecule has 0 spiro atoms. The lowest BCUT2D eigenvalue weighted by molar-refractivity contribution is 0.532. The highest BCUT2D eigenvalue weighted by Gasteiger charge is 2.36. The number of allylic oxidation sites excluding steroid dienone is 2. The molecule has 1 rings (SSSR count). The van der Waals surface area contributed by atoms with Crippen LogP contribution in [0.4, 0.5) is 0 Å². The molecule has 0 aliphatic heterocycles. The first-order valence-electron chi connectivity index (χ1n) is 5.00. The van der Waals surface area contributed by atoms with Crippen molar-refractivity contribution in [2.45, 2.75) is 39.5 Å². The third kappa shape index (κ3) is 3.58. The maximum absolute atomic E-state index is 4.31. The Hall–Kier alpha value is -0.850. The molecular weight excluding hydrogens is 158 g/mol. The molecule has 0 unspecified atom stereocenters. The first-order chi connectivity index (χ1) is 6.20. The van der Waals surface area contributed by atoms with Gasteiger partial charge in [-0.15, -0.1) is 0 Å². The third-order valence-electron chi connectivity index (χ3n) is 2.71. The van der Waals surface area contributed by atoms with Crippen molar-refractivity contribution in [2.24, 2.45) is 10.4 Å². The van der Waals surface area contributed by atoms with Gasteiger partial charge in [-0.2, -0.15) is 0 Å². The van der Waals surface area contributed by atoms with Gasteiger partial charge in [0.2, 0.25) is 0 Å². The smallest absolute Gasteiger partial charge is 0.0397 e. The van der Waals surface area contributed by atoms with Crippen LogP contribution in [0.1, 0.15) is 39.5 Å². The summed E-state index contributed by atoms with van der Waals surface area (Å²) in [6.07, 6.45) is 10.8. The predicted octanol–water partition coefficient (Wildman–Crippen LogP) is 3.73. The van der Waals surface area contributed by atoms with E-state index in [0.29, 0.717) is 5.41 Å². The van der Waals surface area contributed by atoms with Crippen molar-refractivity contribution in [2.75, 3.05) is 0 Å². The first kappa shape index (κ1) is 10.2. The summed E-state index contributed by atoms with van der Waals surface area (Å²) in [5.74, 6) is 0. The largest absolute Gasteiger partial charge is 0.262 e. The van der Waals surface area contributed by atoms with Crippen molar-refractivity contribution in [3.8, 4) is 0 Å². The molecule has 1 aliphatic rings. The fraction of sp³-hybridized carbons (Fsp3) is 0.583. The van der Waals surface area contributed by atoms with E-state index in [1.165, 1.54) is 19.3 Å². The van der Waals surface area contributed by atoms with Crippen molar-refractivity contribution in [3.05, 3.63) is 24.9 Å². The summed E-state index contributed by atoms with van der Waals surface area (Å²) < 4.78 is 0. The van der Waals surface area contributed by atoms with Gasteiger partial charge in [-0.1, -0.05) is 19.6 Å². The van der Waals surface area contributed by atoms with Gasteiger partial charge in [0, 0.05) is 11.9 Å². The van der Waals surface area contributed by atoms with Gasteiger partial charge < -0.3 is 0 Å². The third-order valence-corrected chi connectivity index (χ3v) is 2.71. The van der Waals surface area contributed by atoms with Gasteiger partial charge in [0.05, 0.1) is 0 Å². The highest BCUT2D eigenvalue weighted by molar-refractivity contribution is 5.94. The first-order valence-corrected chi connectivity index (χ1v) is 5.00. The Labute approximate surface area is 81.3 Å². The molecular formula is C12H19N. The Morgan fingerprint density at radius 1 is 1.54 bits per heavy atom. The van der Waals surface area contributed by atoms with E-state index in [-0.39, 0.29) is 0 Å². The Morgan fingerprint density at radius 3 is 2.69 bits per heavy atom. The second-order valence-corrected chi connectivity index (χ2v) is 4.12. The molecule has 0 bridgehead atoms. The summed E-state index contributed by atoms with van der Waals surface area (Å²) in [6, 6.07) is 0. The van der Waals surface area contributed by atoms with E-state index in [1.54, 1.807) is 0 Å². The molecule has 0 aromatic heterocycles. The molecule has 0 atom stereocenters. The van der Waals surface area contributed by atoms with Crippen molar-refractivity contribution in [1.82, 2.24) is 0 Å². The Kier molecular flexibility index (Phi) is 3.47. The topological polar surface area (TPSA) is 12.4 Å². The summed E-state index contributed by atoms with van der Waals surface area (Å²) in [5, 5.41) is 0. The van der Waals surface area contributed by atoms with E-state index < -0.39 is 0 Å². The average Bonchev–Trinajstić information content (AvgIpc) is 2.85. The van der Waals surface area contributed by atoms with Crippen molar-refractivity contribution in [3.63, 3.8) is 0 Å². The highest BCUT2D eigenvalue weighted by atomic mass is 14.7. The molecule has 0 N–H and O–H groups in total. The molecule has 1 saturated carbocycles. The quantitative estimate of drug-likeness (QED) is 0.567. The number of nitrogens with zero attached hydrogens (tertiary/aromatic N) is 1. The molecule has 1 heteroatoms. The molecule has 0 heterocycles. The van der Waals surface area contributed by atoms with Gasteiger partial charge in [-0.05, 0) is 44.1 Å². The number of aliphatic imine (C=N–C) groups is 1. The van der Waals surface area contributed by atoms with Gasteiger partial charge in [0.1, 0.15) is 0 Å². The summed E-state index contributed by atoms with van der Waals surface area (Å²) in [7, 11) is 0. The highest BCUT2D eigenvalue weighted by Crippen LogP contribution is 2.48. The molecule has 1 aliphatic carbocycles. The van der Waals surface area contributed by atoms with E-state index in [2.05, 4.69) is 18.5 Å². The number of hydrogen-bond donors (Lipinski definition) is 0. The van der Waals surface area contributed by atoms with Gasteiger partial charge >= 0.3 is 0 Å². The van der Waals surface area contributed by atoms with Gasteiger partial charge in [0.25, 0.3) is 0 Å². The number of hydrogen-bond acceptors (Lipinski definition) is 1. The second kappa shape index (κ2) is 4.40. The zero-order chi connectivity index (χ0) is 9.73. The summed E-state index contributed by atoms with van der Waals surface area (Å²) >= 11 is 0. The van der Waals surface area contributed by atoms with Crippen LogP contribution in [0.15, 0.2) is 29.9 Å². The SMILES string of the molecule is C=C/C(CCC1(C)CC1)=N\C=C/C. The zero-order valence-electron chi connectivity index (χ0n) is 8.71. The average molecular weight is 177 g/mol. The maximum atomic E-state index is 4.31. The molecule has 1 nitrogen and oxygen atoms in total. The second-order valence-electron chi connectivity index (χ2n) is 4.12. The summed E-state index contributed by atoms with van der Waals surface area (Å²) in [4.78, 5) is 4.31. The monoisotopic (exact) mass is 177 g/mol. The molecule has 0 aromatic carbocycles. The van der Waals surface area contributed by atoms with E-state index in [1.807, 2.05) is 25.3 Å². The van der Waals surface area contributed by atoms with Crippen LogP contribution in [-0.2, 0) is 0 Å². The summed E-state index contributed by atoms with van der Waals surface area (Å²) in [6.45, 7) is 8.10. The molecule has 0 saturated heterocycles. The Bertz CT molecular complexity index is 232. The van der Waals surface area contributed by atoms with Crippen LogP contribution >= 0.6 is 0 Å². The molecule has 13 heavy (non-hydrogen) atoms. The van der Waals surface area contributed by atoms with Crippen LogP contribution in [0.5, 0.6) is 0 Å². The van der Waals surface area contributed by atoms with Gasteiger partial charge in [-0.25, -0.2) is 0 Å². The minimum absolute atomic E-state index is 0.625. The molecule has 0 radical (unpaired) electrons. The molecule has 1 fully saturated rings. The van der Waals surface area contributed by atoms with Crippen LogP contribution in [0.25, 0.3) is 0 Å². The number of rotatable bonds is 5. The minimum Gasteiger partial charge on any atom is -0.262 e. The van der Waals surface area contributed by atoms with Gasteiger partial charge in [0.15, 0.2) is 0 Å². The van der Waals surface area contributed by atoms with Crippen molar-refractivity contribution >= 4 is 5.71 Å². The molecule has 72 valence electrons. The van der Waals surface area contributed by atoms with E-state index in [9.17, 15) is 0 Å². The van der Waals surface area contributed by atoms with Crippen molar-refractivity contribution in [1.29, 1.82) is 0 Å². The minimum atomic E-state index is 0.625. The van der Waals surface area contributed by atoms with E-state index in [0.717, 1.165) is 12.1 Å². The fourth-order valence-electron chi connectivity index (χ4n) is 1.28. The Balaban J connectivity index is 2.35. The lowest BCUT2D eigenvalue weighted by Gasteiger charge is -2.06. The maximum Gasteiger partial charge on any atom is 0.0397 e. The Morgan fingerprint density at radius 2 is 2.23 bits per heavy atom. The fourth-order valence-corrected chi connectivity index (χ4v) is 1.28. The molecule has 0 aromatic rings. The van der Waals surface area contributed by atoms with Crippen LogP contribution in [0, 0.1) is 5.41 Å². The van der Waals surface area contributed by atoms with Crippen LogP contribution in [0.3, 0.4) is 0 Å². The zero-order valence-corrected chi connectivity index (χ0v) is 8.71. The normalized spacial score (nSPS) is 20.6. The van der Waals surface area contributed by atoms with Crippen LogP contribution in [0.2, 0.25) is 0 Å². The van der Waals surface area contributed by atoms with Gasteiger partial charge in [-0.3, -0.25) is 4.99 Å². The van der Waals surface area contributed by atoms with Crippen molar-refractivity contribution < 1.29 is 0 Å². The van der Waals surface area contributed by atoms with Crippen LogP contribution in [-0.4, -0.2) is 5.71 Å². The molecule has 0 amide bonds. The van der Waals surface area contributed by atoms with E-state index in [4.69, 9.17) is 0 Å². The van der Waals surface area contributed by atoms with E-state index >= 15 is 0 Å². The lowest BCUT2D eigenvalue weighted by atomic mass is 10.0. The lowest BCUT2D eigenvalue weighted by Crippen LogP contribution is -1.99. The summed E-state index contributed by atoms with van der Waals surface area (Å²) in [5.41, 5.74) is 1.74. The predicted molar refractivity (Wildman–Crippen MR) is 59.0 cm³/mol.